The smallest absolute Gasteiger partial charge is 0.247 e. The van der Waals surface area contributed by atoms with Crippen molar-refractivity contribution >= 4 is 29.1 Å². The van der Waals surface area contributed by atoms with Crippen molar-refractivity contribution in [1.29, 1.82) is 0 Å². The molecular formula is C16H21ClN2O3. The van der Waals surface area contributed by atoms with E-state index in [-0.39, 0.29) is 17.7 Å². The maximum atomic E-state index is 12.5. The maximum Gasteiger partial charge on any atom is 0.247 e. The highest BCUT2D eigenvalue weighted by Crippen LogP contribution is 2.30. The number of hydrogen-bond acceptors (Lipinski definition) is 3. The van der Waals surface area contributed by atoms with Gasteiger partial charge in [-0.15, -0.1) is 0 Å². The molecule has 0 spiro atoms. The summed E-state index contributed by atoms with van der Waals surface area (Å²) in [6.07, 6.45) is 4.12. The van der Waals surface area contributed by atoms with Gasteiger partial charge in [-0.1, -0.05) is 24.4 Å². The van der Waals surface area contributed by atoms with Gasteiger partial charge in [-0.05, 0) is 37.0 Å². The predicted octanol–water partition coefficient (Wildman–Crippen LogP) is 2.98. The largest absolute Gasteiger partial charge is 0.495 e. The third-order valence-electron chi connectivity index (χ3n) is 3.93. The van der Waals surface area contributed by atoms with Crippen molar-refractivity contribution in [2.45, 2.75) is 38.6 Å². The lowest BCUT2D eigenvalue weighted by molar-refractivity contribution is -0.126. The summed E-state index contributed by atoms with van der Waals surface area (Å²) < 4.78 is 5.08. The first kappa shape index (κ1) is 16.6. The Morgan fingerprint density at radius 1 is 1.32 bits per heavy atom. The minimum atomic E-state index is -0.499. The first-order valence-corrected chi connectivity index (χ1v) is 7.80. The number of anilines is 1. The number of nitrogens with one attached hydrogen (secondary N) is 2. The summed E-state index contributed by atoms with van der Waals surface area (Å²) in [5, 5.41) is 6.02. The summed E-state index contributed by atoms with van der Waals surface area (Å²) in [5.74, 6) is 0.342. The summed E-state index contributed by atoms with van der Waals surface area (Å²) in [6.45, 7) is 1.43. The monoisotopic (exact) mass is 324 g/mol. The van der Waals surface area contributed by atoms with Gasteiger partial charge in [0.25, 0.3) is 0 Å². The minimum absolute atomic E-state index is 0.192. The Hall–Kier alpha value is -1.75. The van der Waals surface area contributed by atoms with Crippen LogP contribution in [0.2, 0.25) is 5.02 Å². The molecule has 0 aliphatic heterocycles. The summed E-state index contributed by atoms with van der Waals surface area (Å²) in [7, 11) is 1.53. The molecule has 1 saturated carbocycles. The second-order valence-corrected chi connectivity index (χ2v) is 5.97. The number of rotatable bonds is 5. The first-order valence-electron chi connectivity index (χ1n) is 7.42. The molecule has 1 aliphatic rings. The fourth-order valence-electron chi connectivity index (χ4n) is 2.87. The topological polar surface area (TPSA) is 67.4 Å². The van der Waals surface area contributed by atoms with Gasteiger partial charge in [0, 0.05) is 12.6 Å². The molecular weight excluding hydrogens is 304 g/mol. The van der Waals surface area contributed by atoms with Gasteiger partial charge >= 0.3 is 0 Å². The molecule has 22 heavy (non-hydrogen) atoms. The molecule has 0 bridgehead atoms. The number of methoxy groups -OCH3 is 1. The molecule has 2 rings (SSSR count). The van der Waals surface area contributed by atoms with E-state index in [1.54, 1.807) is 18.2 Å². The number of carbonyl (C=O) groups excluding carboxylic acids is 2. The molecule has 1 fully saturated rings. The molecule has 1 aromatic rings. The molecule has 1 atom stereocenters. The number of halogens is 1. The van der Waals surface area contributed by atoms with Crippen LogP contribution >= 0.6 is 11.6 Å². The Morgan fingerprint density at radius 2 is 2.00 bits per heavy atom. The van der Waals surface area contributed by atoms with Crippen molar-refractivity contribution in [1.82, 2.24) is 5.32 Å². The minimum Gasteiger partial charge on any atom is -0.495 e. The van der Waals surface area contributed by atoms with E-state index in [1.807, 2.05) is 0 Å². The number of carbonyl (C=O) groups is 2. The molecule has 0 radical (unpaired) electrons. The van der Waals surface area contributed by atoms with Crippen molar-refractivity contribution in [2.24, 2.45) is 5.92 Å². The number of benzene rings is 1. The van der Waals surface area contributed by atoms with Crippen LogP contribution in [0.5, 0.6) is 5.75 Å². The van der Waals surface area contributed by atoms with Gasteiger partial charge < -0.3 is 15.4 Å². The average Bonchev–Trinajstić information content (AvgIpc) is 2.98. The van der Waals surface area contributed by atoms with E-state index in [0.29, 0.717) is 16.5 Å². The highest BCUT2D eigenvalue weighted by molar-refractivity contribution is 6.32. The lowest BCUT2D eigenvalue weighted by Gasteiger charge is -2.23. The van der Waals surface area contributed by atoms with Gasteiger partial charge in [0.1, 0.15) is 11.8 Å². The predicted molar refractivity (Wildman–Crippen MR) is 86.2 cm³/mol. The van der Waals surface area contributed by atoms with Crippen LogP contribution in [0, 0.1) is 5.92 Å². The molecule has 6 heteroatoms. The zero-order valence-corrected chi connectivity index (χ0v) is 13.6. The van der Waals surface area contributed by atoms with Gasteiger partial charge in [0.2, 0.25) is 11.8 Å². The Kier molecular flexibility index (Phi) is 5.66. The molecule has 0 aromatic heterocycles. The fourth-order valence-corrected chi connectivity index (χ4v) is 3.13. The second kappa shape index (κ2) is 7.49. The number of hydrogen-bond donors (Lipinski definition) is 2. The molecule has 1 aromatic carbocycles. The van der Waals surface area contributed by atoms with Crippen LogP contribution in [0.1, 0.15) is 32.6 Å². The summed E-state index contributed by atoms with van der Waals surface area (Å²) >= 11 is 6.06. The Morgan fingerprint density at radius 3 is 2.55 bits per heavy atom. The average molecular weight is 325 g/mol. The highest BCUT2D eigenvalue weighted by atomic mass is 35.5. The first-order chi connectivity index (χ1) is 10.5. The molecule has 1 aliphatic carbocycles. The summed E-state index contributed by atoms with van der Waals surface area (Å²) in [6, 6.07) is 4.56. The zero-order valence-electron chi connectivity index (χ0n) is 12.8. The second-order valence-electron chi connectivity index (χ2n) is 5.56. The third-order valence-corrected chi connectivity index (χ3v) is 4.23. The van der Waals surface area contributed by atoms with Gasteiger partial charge in [-0.3, -0.25) is 9.59 Å². The maximum absolute atomic E-state index is 12.5. The summed E-state index contributed by atoms with van der Waals surface area (Å²) in [4.78, 5) is 23.9. The SMILES string of the molecule is COc1ccc(NC(=O)C(NC(C)=O)C2CCCC2)cc1Cl. The van der Waals surface area contributed by atoms with E-state index in [1.165, 1.54) is 14.0 Å². The van der Waals surface area contributed by atoms with E-state index < -0.39 is 6.04 Å². The molecule has 120 valence electrons. The van der Waals surface area contributed by atoms with E-state index in [4.69, 9.17) is 16.3 Å². The molecule has 0 saturated heterocycles. The van der Waals surface area contributed by atoms with Gasteiger partial charge in [0.15, 0.2) is 0 Å². The fraction of sp³-hybridized carbons (Fsp3) is 0.500. The van der Waals surface area contributed by atoms with E-state index in [9.17, 15) is 9.59 Å². The van der Waals surface area contributed by atoms with Crippen molar-refractivity contribution in [3.8, 4) is 5.75 Å². The standard InChI is InChI=1S/C16H21ClN2O3/c1-10(20)18-15(11-5-3-4-6-11)16(21)19-12-7-8-14(22-2)13(17)9-12/h7-9,11,15H,3-6H2,1-2H3,(H,18,20)(H,19,21). The van der Waals surface area contributed by atoms with Gasteiger partial charge in [-0.2, -0.15) is 0 Å². The van der Waals surface area contributed by atoms with Crippen molar-refractivity contribution in [3.05, 3.63) is 23.2 Å². The molecule has 5 nitrogen and oxygen atoms in total. The van der Waals surface area contributed by atoms with Crippen LogP contribution in [0.3, 0.4) is 0 Å². The van der Waals surface area contributed by atoms with Crippen LogP contribution in [0.25, 0.3) is 0 Å². The molecule has 0 heterocycles. The lowest BCUT2D eigenvalue weighted by atomic mass is 9.97. The lowest BCUT2D eigenvalue weighted by Crippen LogP contribution is -2.47. The van der Waals surface area contributed by atoms with Crippen LogP contribution in [0.4, 0.5) is 5.69 Å². The van der Waals surface area contributed by atoms with E-state index >= 15 is 0 Å². The normalized spacial score (nSPS) is 16.1. The van der Waals surface area contributed by atoms with Crippen LogP contribution < -0.4 is 15.4 Å². The summed E-state index contributed by atoms with van der Waals surface area (Å²) in [5.41, 5.74) is 0.587. The van der Waals surface area contributed by atoms with Crippen LogP contribution in [-0.4, -0.2) is 25.0 Å². The molecule has 1 unspecified atom stereocenters. The van der Waals surface area contributed by atoms with Crippen LogP contribution in [-0.2, 0) is 9.59 Å². The number of ether oxygens (including phenoxy) is 1. The number of amides is 2. The van der Waals surface area contributed by atoms with Crippen molar-refractivity contribution in [2.75, 3.05) is 12.4 Å². The van der Waals surface area contributed by atoms with Crippen molar-refractivity contribution < 1.29 is 14.3 Å². The molecule has 2 amide bonds. The third kappa shape index (κ3) is 4.13. The highest BCUT2D eigenvalue weighted by Gasteiger charge is 2.31. The van der Waals surface area contributed by atoms with E-state index in [2.05, 4.69) is 10.6 Å². The zero-order chi connectivity index (χ0) is 16.1. The molecule has 2 N–H and O–H groups in total. The Balaban J connectivity index is 2.09. The Labute approximate surface area is 135 Å². The van der Waals surface area contributed by atoms with Gasteiger partial charge in [0.05, 0.1) is 12.1 Å². The Bertz CT molecular complexity index is 556. The van der Waals surface area contributed by atoms with Crippen molar-refractivity contribution in [3.63, 3.8) is 0 Å². The quantitative estimate of drug-likeness (QED) is 0.875. The van der Waals surface area contributed by atoms with E-state index in [0.717, 1.165) is 25.7 Å². The van der Waals surface area contributed by atoms with Gasteiger partial charge in [-0.25, -0.2) is 0 Å². The van der Waals surface area contributed by atoms with Crippen LogP contribution in [0.15, 0.2) is 18.2 Å².